The normalized spacial score (nSPS) is 18.3. The van der Waals surface area contributed by atoms with E-state index in [1.807, 2.05) is 6.92 Å². The molecule has 1 aliphatic rings. The van der Waals surface area contributed by atoms with Crippen LogP contribution in [0.3, 0.4) is 0 Å². The van der Waals surface area contributed by atoms with Gasteiger partial charge < -0.3 is 10.6 Å². The Labute approximate surface area is 91.7 Å². The number of nitrogens with zero attached hydrogens (tertiary/aromatic N) is 1. The fraction of sp³-hybridized carbons (Fsp3) is 0.727. The molecule has 1 aliphatic heterocycles. The Morgan fingerprint density at radius 2 is 2.40 bits per heavy atom. The lowest BCUT2D eigenvalue weighted by Gasteiger charge is -2.40. The van der Waals surface area contributed by atoms with Gasteiger partial charge in [-0.15, -0.1) is 6.58 Å². The summed E-state index contributed by atoms with van der Waals surface area (Å²) < 4.78 is 0. The number of hydrogen-bond acceptors (Lipinski definition) is 3. The molecule has 86 valence electrons. The highest BCUT2D eigenvalue weighted by Crippen LogP contribution is 2.09. The van der Waals surface area contributed by atoms with Crippen LogP contribution in [0, 0.1) is 0 Å². The first-order valence-electron chi connectivity index (χ1n) is 5.55. The summed E-state index contributed by atoms with van der Waals surface area (Å²) in [6, 6.07) is 0.460. The molecule has 0 aromatic heterocycles. The number of hydrogen-bond donors (Lipinski definition) is 2. The number of carbonyl (C=O) groups is 1. The zero-order valence-electron chi connectivity index (χ0n) is 9.62. The summed E-state index contributed by atoms with van der Waals surface area (Å²) in [7, 11) is 0. The van der Waals surface area contributed by atoms with Crippen LogP contribution in [0.15, 0.2) is 12.7 Å². The van der Waals surface area contributed by atoms with Crippen molar-refractivity contribution >= 4 is 5.91 Å². The van der Waals surface area contributed by atoms with Gasteiger partial charge in [-0.05, 0) is 13.5 Å². The van der Waals surface area contributed by atoms with Crippen LogP contribution < -0.4 is 10.6 Å². The van der Waals surface area contributed by atoms with E-state index in [0.29, 0.717) is 12.6 Å². The second-order valence-electron chi connectivity index (χ2n) is 3.85. The fourth-order valence-electron chi connectivity index (χ4n) is 1.83. The molecule has 0 aromatic rings. The molecule has 0 radical (unpaired) electrons. The molecule has 0 bridgehead atoms. The van der Waals surface area contributed by atoms with E-state index in [4.69, 9.17) is 0 Å². The van der Waals surface area contributed by atoms with Crippen LogP contribution in [0.25, 0.3) is 0 Å². The first-order valence-corrected chi connectivity index (χ1v) is 5.55. The lowest BCUT2D eigenvalue weighted by molar-refractivity contribution is -0.126. The molecule has 15 heavy (non-hydrogen) atoms. The van der Waals surface area contributed by atoms with Crippen LogP contribution in [0.5, 0.6) is 0 Å². The van der Waals surface area contributed by atoms with Crippen LogP contribution >= 0.6 is 0 Å². The van der Waals surface area contributed by atoms with E-state index in [-0.39, 0.29) is 11.9 Å². The van der Waals surface area contributed by atoms with Gasteiger partial charge in [-0.3, -0.25) is 9.69 Å². The number of rotatable bonds is 6. The molecule has 1 atom stereocenters. The number of nitrogens with one attached hydrogen (secondary N) is 2. The molecule has 0 aromatic carbocycles. The zero-order chi connectivity index (χ0) is 11.3. The second-order valence-corrected chi connectivity index (χ2v) is 3.85. The molecule has 2 N–H and O–H groups in total. The van der Waals surface area contributed by atoms with Gasteiger partial charge in [-0.2, -0.15) is 0 Å². The molecular formula is C11H21N3O. The number of likely N-dealkylation sites (N-methyl/N-ethyl adjacent to an activating group) is 1. The predicted molar refractivity (Wildman–Crippen MR) is 61.7 cm³/mol. The average molecular weight is 211 g/mol. The van der Waals surface area contributed by atoms with Gasteiger partial charge in [-0.1, -0.05) is 13.0 Å². The third kappa shape index (κ3) is 3.04. The molecule has 1 fully saturated rings. The van der Waals surface area contributed by atoms with Gasteiger partial charge in [0.1, 0.15) is 0 Å². The van der Waals surface area contributed by atoms with E-state index >= 15 is 0 Å². The largest absolute Gasteiger partial charge is 0.351 e. The maximum absolute atomic E-state index is 11.7. The van der Waals surface area contributed by atoms with E-state index in [0.717, 1.165) is 19.6 Å². The van der Waals surface area contributed by atoms with E-state index in [9.17, 15) is 4.79 Å². The third-order valence-corrected chi connectivity index (χ3v) is 2.89. The van der Waals surface area contributed by atoms with Gasteiger partial charge >= 0.3 is 0 Å². The molecule has 0 saturated carbocycles. The van der Waals surface area contributed by atoms with Crippen molar-refractivity contribution in [3.63, 3.8) is 0 Å². The molecular weight excluding hydrogens is 190 g/mol. The molecule has 0 spiro atoms. The Balaban J connectivity index is 2.43. The maximum atomic E-state index is 11.7. The maximum Gasteiger partial charge on any atom is 0.237 e. The highest BCUT2D eigenvalue weighted by Gasteiger charge is 2.30. The van der Waals surface area contributed by atoms with Crippen molar-refractivity contribution in [2.45, 2.75) is 25.9 Å². The minimum absolute atomic E-state index is 0.0537. The van der Waals surface area contributed by atoms with Gasteiger partial charge in [0, 0.05) is 25.7 Å². The van der Waals surface area contributed by atoms with Gasteiger partial charge in [0.25, 0.3) is 0 Å². The first kappa shape index (κ1) is 12.2. The van der Waals surface area contributed by atoms with Crippen molar-refractivity contribution in [2.24, 2.45) is 0 Å². The summed E-state index contributed by atoms with van der Waals surface area (Å²) in [5.74, 6) is 0.0867. The molecule has 1 amide bonds. The summed E-state index contributed by atoms with van der Waals surface area (Å²) >= 11 is 0. The highest BCUT2D eigenvalue weighted by atomic mass is 16.2. The van der Waals surface area contributed by atoms with Crippen molar-refractivity contribution in [1.82, 2.24) is 15.5 Å². The Hall–Kier alpha value is -0.870. The van der Waals surface area contributed by atoms with Crippen molar-refractivity contribution in [1.29, 1.82) is 0 Å². The molecule has 1 unspecified atom stereocenters. The van der Waals surface area contributed by atoms with Crippen LogP contribution in [0.2, 0.25) is 0 Å². The lowest BCUT2D eigenvalue weighted by atomic mass is 10.1. The standard InChI is InChI=1S/C11H21N3O/c1-4-6-13-11(15)9(3)14(5-2)10-7-12-8-10/h4,9-10,12H,1,5-8H2,2-3H3,(H,13,15). The monoisotopic (exact) mass is 211 g/mol. The SMILES string of the molecule is C=CCNC(=O)C(C)N(CC)C1CNC1. The Morgan fingerprint density at radius 1 is 1.73 bits per heavy atom. The summed E-state index contributed by atoms with van der Waals surface area (Å²) in [6.07, 6.45) is 1.70. The molecule has 4 heteroatoms. The molecule has 4 nitrogen and oxygen atoms in total. The molecule has 1 heterocycles. The van der Waals surface area contributed by atoms with Crippen LogP contribution in [-0.4, -0.2) is 49.1 Å². The van der Waals surface area contributed by atoms with E-state index in [1.165, 1.54) is 0 Å². The minimum atomic E-state index is -0.0537. The quantitative estimate of drug-likeness (QED) is 0.606. The Bertz CT molecular complexity index is 226. The van der Waals surface area contributed by atoms with Gasteiger partial charge in [-0.25, -0.2) is 0 Å². The number of carbonyl (C=O) groups excluding carboxylic acids is 1. The number of amides is 1. The topological polar surface area (TPSA) is 44.4 Å². The van der Waals surface area contributed by atoms with Gasteiger partial charge in [0.15, 0.2) is 0 Å². The minimum Gasteiger partial charge on any atom is -0.351 e. The van der Waals surface area contributed by atoms with Crippen LogP contribution in [0.1, 0.15) is 13.8 Å². The Kier molecular flexibility index (Phi) is 4.78. The molecule has 1 saturated heterocycles. The van der Waals surface area contributed by atoms with Gasteiger partial charge in [0.2, 0.25) is 5.91 Å². The summed E-state index contributed by atoms with van der Waals surface area (Å²) in [5, 5.41) is 6.05. The average Bonchev–Trinajstić information content (AvgIpc) is 2.18. The zero-order valence-corrected chi connectivity index (χ0v) is 9.62. The van der Waals surface area contributed by atoms with Crippen LogP contribution in [0.4, 0.5) is 0 Å². The van der Waals surface area contributed by atoms with Gasteiger partial charge in [0.05, 0.1) is 6.04 Å². The molecule has 1 rings (SSSR count). The summed E-state index contributed by atoms with van der Waals surface area (Å²) in [4.78, 5) is 14.0. The third-order valence-electron chi connectivity index (χ3n) is 2.89. The fourth-order valence-corrected chi connectivity index (χ4v) is 1.83. The summed E-state index contributed by atoms with van der Waals surface area (Å²) in [6.45, 7) is 11.1. The Morgan fingerprint density at radius 3 is 2.80 bits per heavy atom. The van der Waals surface area contributed by atoms with Crippen molar-refractivity contribution < 1.29 is 4.79 Å². The molecule has 0 aliphatic carbocycles. The van der Waals surface area contributed by atoms with E-state index in [1.54, 1.807) is 6.08 Å². The first-order chi connectivity index (χ1) is 7.20. The van der Waals surface area contributed by atoms with Crippen molar-refractivity contribution in [3.05, 3.63) is 12.7 Å². The second kappa shape index (κ2) is 5.88. The van der Waals surface area contributed by atoms with Crippen molar-refractivity contribution in [3.8, 4) is 0 Å². The van der Waals surface area contributed by atoms with E-state index < -0.39 is 0 Å². The smallest absolute Gasteiger partial charge is 0.237 e. The summed E-state index contributed by atoms with van der Waals surface area (Å²) in [5.41, 5.74) is 0. The van der Waals surface area contributed by atoms with Crippen LogP contribution in [-0.2, 0) is 4.79 Å². The predicted octanol–water partition coefficient (Wildman–Crippen LogP) is -0.0292. The van der Waals surface area contributed by atoms with Crippen molar-refractivity contribution in [2.75, 3.05) is 26.2 Å². The lowest BCUT2D eigenvalue weighted by Crippen LogP contribution is -2.61. The highest BCUT2D eigenvalue weighted by molar-refractivity contribution is 5.81. The van der Waals surface area contributed by atoms with E-state index in [2.05, 4.69) is 29.0 Å².